The van der Waals surface area contributed by atoms with Gasteiger partial charge in [-0.1, -0.05) is 44.9 Å². The maximum Gasteiger partial charge on any atom is 0.408 e. The predicted octanol–water partition coefficient (Wildman–Crippen LogP) is 4.80. The number of nitrogens with one attached hydrogen (secondary N) is 2. The first-order valence-electron chi connectivity index (χ1n) is 12.5. The van der Waals surface area contributed by atoms with E-state index in [0.717, 1.165) is 42.4 Å². The Morgan fingerprint density at radius 1 is 1.15 bits per heavy atom. The van der Waals surface area contributed by atoms with Crippen molar-refractivity contribution in [3.63, 3.8) is 0 Å². The highest BCUT2D eigenvalue weighted by atomic mass is 16.6. The summed E-state index contributed by atoms with van der Waals surface area (Å²) in [6.45, 7) is 15.7. The number of hydrogen-bond donors (Lipinski definition) is 2. The largest absolute Gasteiger partial charge is 0.444 e. The molecule has 7 heteroatoms. The second-order valence-corrected chi connectivity index (χ2v) is 10.6. The van der Waals surface area contributed by atoms with Gasteiger partial charge in [-0.15, -0.1) is 0 Å². The molecule has 0 bridgehead atoms. The molecule has 0 spiro atoms. The van der Waals surface area contributed by atoms with Gasteiger partial charge in [-0.05, 0) is 77.0 Å². The quantitative estimate of drug-likeness (QED) is 0.478. The summed E-state index contributed by atoms with van der Waals surface area (Å²) in [5, 5.41) is 5.73. The lowest BCUT2D eigenvalue weighted by Gasteiger charge is -2.35. The Morgan fingerprint density at radius 2 is 1.74 bits per heavy atom. The van der Waals surface area contributed by atoms with Gasteiger partial charge in [-0.3, -0.25) is 9.59 Å². The third kappa shape index (κ3) is 7.47. The minimum atomic E-state index is -0.831. The summed E-state index contributed by atoms with van der Waals surface area (Å²) in [7, 11) is 0. The van der Waals surface area contributed by atoms with Crippen molar-refractivity contribution in [2.75, 3.05) is 6.54 Å². The Hall–Kier alpha value is -2.57. The monoisotopic (exact) mass is 473 g/mol. The molecule has 2 N–H and O–H groups in total. The third-order valence-corrected chi connectivity index (χ3v) is 6.20. The van der Waals surface area contributed by atoms with E-state index in [1.54, 1.807) is 32.6 Å². The van der Waals surface area contributed by atoms with Crippen LogP contribution in [0.25, 0.3) is 0 Å². The maximum atomic E-state index is 13.8. The number of rotatable bonds is 10. The van der Waals surface area contributed by atoms with E-state index in [2.05, 4.69) is 24.5 Å². The van der Waals surface area contributed by atoms with Crippen LogP contribution in [0.5, 0.6) is 0 Å². The van der Waals surface area contributed by atoms with Crippen molar-refractivity contribution in [2.24, 2.45) is 5.92 Å². The van der Waals surface area contributed by atoms with E-state index < -0.39 is 23.8 Å². The summed E-state index contributed by atoms with van der Waals surface area (Å²) in [4.78, 5) is 41.4. The van der Waals surface area contributed by atoms with Gasteiger partial charge in [0.2, 0.25) is 11.8 Å². The van der Waals surface area contributed by atoms with Gasteiger partial charge in [-0.25, -0.2) is 4.79 Å². The maximum absolute atomic E-state index is 13.8. The van der Waals surface area contributed by atoms with E-state index in [4.69, 9.17) is 4.74 Å². The second-order valence-electron chi connectivity index (χ2n) is 10.6. The highest BCUT2D eigenvalue weighted by Gasteiger charge is 2.48. The van der Waals surface area contributed by atoms with E-state index in [9.17, 15) is 14.4 Å². The number of unbranched alkanes of at least 4 members (excludes halogenated alkanes) is 2. The second kappa shape index (κ2) is 11.7. The van der Waals surface area contributed by atoms with Crippen LogP contribution in [0.2, 0.25) is 0 Å². The lowest BCUT2D eigenvalue weighted by atomic mass is 9.93. The van der Waals surface area contributed by atoms with Gasteiger partial charge in [-0.2, -0.15) is 0 Å². The van der Waals surface area contributed by atoms with E-state index in [0.29, 0.717) is 6.54 Å². The minimum Gasteiger partial charge on any atom is -0.444 e. The van der Waals surface area contributed by atoms with E-state index in [-0.39, 0.29) is 23.8 Å². The third-order valence-electron chi connectivity index (χ3n) is 6.20. The Bertz CT molecular complexity index is 857. The minimum absolute atomic E-state index is 0.0548. The van der Waals surface area contributed by atoms with E-state index in [1.807, 2.05) is 32.0 Å². The van der Waals surface area contributed by atoms with Crippen molar-refractivity contribution < 1.29 is 19.1 Å². The first-order valence-corrected chi connectivity index (χ1v) is 12.5. The zero-order valence-corrected chi connectivity index (χ0v) is 22.2. The topological polar surface area (TPSA) is 87.7 Å². The average Bonchev–Trinajstić information content (AvgIpc) is 3.44. The number of alkyl carbamates (subject to hydrolysis) is 1. The molecule has 0 heterocycles. The average molecular weight is 474 g/mol. The number of nitrogens with zero attached hydrogens (tertiary/aromatic N) is 1. The highest BCUT2D eigenvalue weighted by Crippen LogP contribution is 2.41. The van der Waals surface area contributed by atoms with Gasteiger partial charge in [0.25, 0.3) is 0 Å². The highest BCUT2D eigenvalue weighted by molar-refractivity contribution is 5.92. The zero-order valence-electron chi connectivity index (χ0n) is 22.2. The normalized spacial score (nSPS) is 19.1. The molecule has 1 aliphatic rings. The summed E-state index contributed by atoms with van der Waals surface area (Å²) in [6, 6.07) is 4.27. The van der Waals surface area contributed by atoms with Crippen LogP contribution in [0.1, 0.15) is 90.0 Å². The van der Waals surface area contributed by atoms with Gasteiger partial charge >= 0.3 is 6.09 Å². The molecule has 0 saturated heterocycles. The van der Waals surface area contributed by atoms with Gasteiger partial charge < -0.3 is 20.3 Å². The van der Waals surface area contributed by atoms with Crippen LogP contribution in [-0.4, -0.2) is 47.0 Å². The molecule has 4 unspecified atom stereocenters. The molecule has 3 amide bonds. The summed E-state index contributed by atoms with van der Waals surface area (Å²) < 4.78 is 5.34. The lowest BCUT2D eigenvalue weighted by molar-refractivity contribution is -0.143. The summed E-state index contributed by atoms with van der Waals surface area (Å²) in [5.74, 6) is -0.167. The van der Waals surface area contributed by atoms with Crippen LogP contribution in [0.15, 0.2) is 18.2 Å². The number of amides is 3. The Labute approximate surface area is 205 Å². The number of aryl methyl sites for hydroxylation is 2. The van der Waals surface area contributed by atoms with Gasteiger partial charge in [0.15, 0.2) is 0 Å². The van der Waals surface area contributed by atoms with E-state index >= 15 is 0 Å². The van der Waals surface area contributed by atoms with Crippen LogP contribution in [0.4, 0.5) is 4.79 Å². The summed E-state index contributed by atoms with van der Waals surface area (Å²) >= 11 is 0. The fourth-order valence-corrected chi connectivity index (χ4v) is 4.28. The molecular weight excluding hydrogens is 430 g/mol. The molecule has 0 aliphatic heterocycles. The fourth-order valence-electron chi connectivity index (χ4n) is 4.28. The number of carbonyl (C=O) groups is 3. The van der Waals surface area contributed by atoms with Crippen LogP contribution in [0, 0.1) is 19.8 Å². The lowest BCUT2D eigenvalue weighted by Crippen LogP contribution is -2.53. The van der Waals surface area contributed by atoms with Crippen LogP contribution >= 0.6 is 0 Å². The van der Waals surface area contributed by atoms with Crippen LogP contribution < -0.4 is 10.6 Å². The van der Waals surface area contributed by atoms with Gasteiger partial charge in [0.1, 0.15) is 17.7 Å². The number of ether oxygens (including phenoxy) is 1. The first kappa shape index (κ1) is 27.7. The molecule has 4 atom stereocenters. The van der Waals surface area contributed by atoms with Crippen LogP contribution in [0.3, 0.4) is 0 Å². The van der Waals surface area contributed by atoms with Gasteiger partial charge in [0, 0.05) is 12.6 Å². The Balaban J connectivity index is 2.39. The number of hydrogen-bond acceptors (Lipinski definition) is 4. The van der Waals surface area contributed by atoms with Crippen molar-refractivity contribution in [1.29, 1.82) is 0 Å². The number of carbonyl (C=O) groups excluding carboxylic acids is 3. The molecule has 1 saturated carbocycles. The molecule has 1 aromatic rings. The predicted molar refractivity (Wildman–Crippen MR) is 134 cm³/mol. The van der Waals surface area contributed by atoms with Crippen molar-refractivity contribution >= 4 is 17.9 Å². The Kier molecular flexibility index (Phi) is 9.54. The number of benzene rings is 1. The standard InChI is InChI=1S/C27H43N3O4/c1-9-10-11-15-28-24(31)23(22-17(2)13-12-14-18(22)3)30(21-16-19(21)4)25(32)20(5)29-26(33)34-27(6,7)8/h12-14,19-21,23H,9-11,15-16H2,1-8H3,(H,28,31)(H,29,33). The molecule has 1 fully saturated rings. The molecule has 1 aliphatic carbocycles. The molecular formula is C27H43N3O4. The van der Waals surface area contributed by atoms with E-state index in [1.165, 1.54) is 0 Å². The zero-order chi connectivity index (χ0) is 25.6. The molecule has 190 valence electrons. The molecule has 0 aromatic heterocycles. The molecule has 0 radical (unpaired) electrons. The van der Waals surface area contributed by atoms with Crippen molar-refractivity contribution in [2.45, 2.75) is 105 Å². The van der Waals surface area contributed by atoms with Crippen molar-refractivity contribution in [1.82, 2.24) is 15.5 Å². The van der Waals surface area contributed by atoms with Crippen molar-refractivity contribution in [3.8, 4) is 0 Å². The first-order chi connectivity index (χ1) is 15.9. The summed E-state index contributed by atoms with van der Waals surface area (Å²) in [6.07, 6.45) is 3.17. The molecule has 2 rings (SSSR count). The summed E-state index contributed by atoms with van der Waals surface area (Å²) in [5.41, 5.74) is 2.11. The van der Waals surface area contributed by atoms with Crippen molar-refractivity contribution in [3.05, 3.63) is 34.9 Å². The SMILES string of the molecule is CCCCCNC(=O)C(c1c(C)cccc1C)N(C(=O)C(C)NC(=O)OC(C)(C)C)C1CC1C. The molecule has 34 heavy (non-hydrogen) atoms. The smallest absolute Gasteiger partial charge is 0.408 e. The molecule has 1 aromatic carbocycles. The fraction of sp³-hybridized carbons (Fsp3) is 0.667. The van der Waals surface area contributed by atoms with Gasteiger partial charge in [0.05, 0.1) is 0 Å². The van der Waals surface area contributed by atoms with Crippen LogP contribution in [-0.2, 0) is 14.3 Å². The Morgan fingerprint density at radius 3 is 2.24 bits per heavy atom. The molecule has 7 nitrogen and oxygen atoms in total.